The van der Waals surface area contributed by atoms with E-state index in [-0.39, 0.29) is 16.5 Å². The number of aryl methyl sites for hydroxylation is 1. The van der Waals surface area contributed by atoms with Crippen molar-refractivity contribution in [2.24, 2.45) is 0 Å². The predicted octanol–water partition coefficient (Wildman–Crippen LogP) is 8.08. The minimum absolute atomic E-state index is 0.0178. The molecule has 0 heterocycles. The van der Waals surface area contributed by atoms with E-state index in [2.05, 4.69) is 96.6 Å². The highest BCUT2D eigenvalue weighted by atomic mass is 32.2. The minimum atomic E-state index is -5.63. The van der Waals surface area contributed by atoms with Gasteiger partial charge in [-0.15, -0.1) is 0 Å². The second kappa shape index (κ2) is 14.2. The van der Waals surface area contributed by atoms with Crippen molar-refractivity contribution in [3.05, 3.63) is 151 Å². The molecule has 0 radical (unpaired) electrons. The Morgan fingerprint density at radius 2 is 1.14 bits per heavy atom. The fourth-order valence-electron chi connectivity index (χ4n) is 4.03. The van der Waals surface area contributed by atoms with Crippen molar-refractivity contribution in [1.29, 1.82) is 0 Å². The fourth-order valence-corrected chi connectivity index (χ4v) is 6.48. The van der Waals surface area contributed by atoms with Crippen molar-refractivity contribution in [2.75, 3.05) is 6.61 Å². The van der Waals surface area contributed by atoms with Gasteiger partial charge in [-0.2, -0.15) is 17.2 Å². The summed E-state index contributed by atoms with van der Waals surface area (Å²) in [5.41, 5.74) is 3.05. The quantitative estimate of drug-likeness (QED) is 0.108. The highest BCUT2D eigenvalue weighted by Crippen LogP contribution is 2.32. The van der Waals surface area contributed by atoms with Crippen LogP contribution in [0.15, 0.2) is 154 Å². The first-order valence-corrected chi connectivity index (χ1v) is 15.8. The van der Waals surface area contributed by atoms with Gasteiger partial charge in [-0.25, -0.2) is 4.79 Å². The lowest BCUT2D eigenvalue weighted by Gasteiger charge is -2.13. The van der Waals surface area contributed by atoms with Gasteiger partial charge in [0.1, 0.15) is 0 Å². The Labute approximate surface area is 252 Å². The molecule has 0 aromatic heterocycles. The lowest BCUT2D eigenvalue weighted by atomic mass is 10.0. The molecule has 0 saturated carbocycles. The molecule has 0 amide bonds. The SMILES string of the molecule is Cc1ccccc1[S+](c1ccccc1)c1ccccc1.O=C(OCC(F)(F)S(=O)(=O)O)c1ccc(-c2ccccc2)cc1. The molecule has 0 fully saturated rings. The Morgan fingerprint density at radius 1 is 0.698 bits per heavy atom. The van der Waals surface area contributed by atoms with Crippen molar-refractivity contribution >= 4 is 27.0 Å². The van der Waals surface area contributed by atoms with Crippen molar-refractivity contribution in [2.45, 2.75) is 26.9 Å². The van der Waals surface area contributed by atoms with E-state index >= 15 is 0 Å². The molecule has 43 heavy (non-hydrogen) atoms. The number of ether oxygens (including phenoxy) is 1. The largest absolute Gasteiger partial charge is 0.454 e. The van der Waals surface area contributed by atoms with Crippen molar-refractivity contribution in [3.63, 3.8) is 0 Å². The van der Waals surface area contributed by atoms with Gasteiger partial charge in [0.05, 0.1) is 16.5 Å². The second-order valence-electron chi connectivity index (χ2n) is 9.33. The van der Waals surface area contributed by atoms with E-state index in [1.54, 1.807) is 12.1 Å². The van der Waals surface area contributed by atoms with Crippen LogP contribution in [0.25, 0.3) is 11.1 Å². The van der Waals surface area contributed by atoms with E-state index in [4.69, 9.17) is 4.55 Å². The number of benzene rings is 5. The van der Waals surface area contributed by atoms with E-state index in [9.17, 15) is 22.0 Å². The lowest BCUT2D eigenvalue weighted by molar-refractivity contribution is -0.00950. The van der Waals surface area contributed by atoms with Crippen LogP contribution < -0.4 is 0 Å². The average molecular weight is 620 g/mol. The van der Waals surface area contributed by atoms with Crippen LogP contribution in [0.3, 0.4) is 0 Å². The monoisotopic (exact) mass is 619 g/mol. The standard InChI is InChI=1S/C19H17S.C15H12F2O5S/c1-16-10-8-9-15-19(16)20(17-11-4-2-5-12-17)18-13-6-3-7-14-18;16-15(17,23(19,20)21)10-22-14(18)13-8-6-12(7-9-13)11-4-2-1-3-5-11/h2-15H,1H3;1-9H,10H2,(H,19,20,21)/q+1;. The molecule has 220 valence electrons. The summed E-state index contributed by atoms with van der Waals surface area (Å²) in [5.74, 6) is -1.12. The molecular weight excluding hydrogens is 590 g/mol. The van der Waals surface area contributed by atoms with Crippen LogP contribution in [0, 0.1) is 6.92 Å². The first-order chi connectivity index (χ1) is 20.6. The maximum atomic E-state index is 13.0. The van der Waals surface area contributed by atoms with Crippen LogP contribution in [0.5, 0.6) is 0 Å². The molecule has 0 aliphatic rings. The zero-order valence-corrected chi connectivity index (χ0v) is 24.8. The Kier molecular flexibility index (Phi) is 10.5. The lowest BCUT2D eigenvalue weighted by Crippen LogP contribution is -2.34. The molecule has 5 nitrogen and oxygen atoms in total. The summed E-state index contributed by atoms with van der Waals surface area (Å²) in [6.45, 7) is 0.437. The van der Waals surface area contributed by atoms with Gasteiger partial charge in [-0.3, -0.25) is 4.55 Å². The number of hydrogen-bond acceptors (Lipinski definition) is 4. The Morgan fingerprint density at radius 3 is 1.63 bits per heavy atom. The average Bonchev–Trinajstić information content (AvgIpc) is 3.02. The topological polar surface area (TPSA) is 80.7 Å². The number of esters is 1. The molecule has 0 atom stereocenters. The van der Waals surface area contributed by atoms with Gasteiger partial charge in [0, 0.05) is 5.56 Å². The highest BCUT2D eigenvalue weighted by Gasteiger charge is 2.45. The van der Waals surface area contributed by atoms with Gasteiger partial charge in [-0.1, -0.05) is 97.1 Å². The van der Waals surface area contributed by atoms with Crippen LogP contribution in [-0.2, 0) is 25.7 Å². The number of hydrogen-bond donors (Lipinski definition) is 1. The van der Waals surface area contributed by atoms with Crippen LogP contribution in [-0.4, -0.2) is 30.8 Å². The summed E-state index contributed by atoms with van der Waals surface area (Å²) in [5, 5.41) is -4.55. The van der Waals surface area contributed by atoms with Crippen LogP contribution in [0.2, 0.25) is 0 Å². The van der Waals surface area contributed by atoms with Gasteiger partial charge in [0.25, 0.3) is 0 Å². The number of carbonyl (C=O) groups is 1. The van der Waals surface area contributed by atoms with Gasteiger partial charge in [-0.05, 0) is 60.5 Å². The summed E-state index contributed by atoms with van der Waals surface area (Å²) in [6.07, 6.45) is 0. The molecule has 0 unspecified atom stereocenters. The summed E-state index contributed by atoms with van der Waals surface area (Å²) < 4.78 is 59.3. The zero-order valence-electron chi connectivity index (χ0n) is 23.1. The minimum Gasteiger partial charge on any atom is -0.454 e. The molecule has 9 heteroatoms. The van der Waals surface area contributed by atoms with Crippen molar-refractivity contribution in [1.82, 2.24) is 0 Å². The fraction of sp³-hybridized carbons (Fsp3) is 0.0882. The Balaban J connectivity index is 0.000000198. The molecule has 0 spiro atoms. The first-order valence-electron chi connectivity index (χ1n) is 13.1. The van der Waals surface area contributed by atoms with Crippen molar-refractivity contribution in [3.8, 4) is 11.1 Å². The Hall–Kier alpha value is -4.31. The number of rotatable bonds is 8. The molecule has 0 aliphatic carbocycles. The van der Waals surface area contributed by atoms with E-state index in [1.165, 1.54) is 32.4 Å². The molecule has 1 N–H and O–H groups in total. The van der Waals surface area contributed by atoms with E-state index in [0.717, 1.165) is 11.1 Å². The molecule has 5 aromatic carbocycles. The predicted molar refractivity (Wildman–Crippen MR) is 165 cm³/mol. The summed E-state index contributed by atoms with van der Waals surface area (Å²) in [7, 11) is -5.66. The molecule has 0 saturated heterocycles. The Bertz CT molecular complexity index is 1690. The second-order valence-corrected chi connectivity index (χ2v) is 12.9. The molecule has 5 aromatic rings. The van der Waals surface area contributed by atoms with Gasteiger partial charge < -0.3 is 4.74 Å². The van der Waals surface area contributed by atoms with Crippen LogP contribution in [0.4, 0.5) is 8.78 Å². The zero-order chi connectivity index (χ0) is 30.9. The first kappa shape index (κ1) is 31.6. The van der Waals surface area contributed by atoms with E-state index in [1.807, 2.05) is 30.3 Å². The number of halogens is 2. The van der Waals surface area contributed by atoms with E-state index in [0.29, 0.717) is 0 Å². The number of carbonyl (C=O) groups excluding carboxylic acids is 1. The maximum absolute atomic E-state index is 13.0. The highest BCUT2D eigenvalue weighted by molar-refractivity contribution is 7.97. The summed E-state index contributed by atoms with van der Waals surface area (Å²) in [6, 6.07) is 45.4. The van der Waals surface area contributed by atoms with Crippen molar-refractivity contribution < 1.29 is 31.3 Å². The smallest absolute Gasteiger partial charge is 0.402 e. The molecule has 0 bridgehead atoms. The third-order valence-electron chi connectivity index (χ3n) is 6.25. The third kappa shape index (κ3) is 8.38. The maximum Gasteiger partial charge on any atom is 0.402 e. The normalized spacial score (nSPS) is 11.4. The molecular formula is C34H29F2O5S2+. The molecule has 5 rings (SSSR count). The van der Waals surface area contributed by atoms with Crippen LogP contribution in [0.1, 0.15) is 15.9 Å². The summed E-state index contributed by atoms with van der Waals surface area (Å²) in [4.78, 5) is 15.8. The van der Waals surface area contributed by atoms with Gasteiger partial charge >= 0.3 is 21.3 Å². The number of alkyl halides is 2. The third-order valence-corrected chi connectivity index (χ3v) is 9.51. The van der Waals surface area contributed by atoms with E-state index < -0.39 is 27.9 Å². The molecule has 0 aliphatic heterocycles. The van der Waals surface area contributed by atoms with Crippen LogP contribution >= 0.6 is 0 Å². The van der Waals surface area contributed by atoms with Gasteiger partial charge in [0.15, 0.2) is 21.3 Å². The van der Waals surface area contributed by atoms with Gasteiger partial charge in [0.2, 0.25) is 0 Å². The summed E-state index contributed by atoms with van der Waals surface area (Å²) >= 11 is 0.